The van der Waals surface area contributed by atoms with Crippen LogP contribution in [0.3, 0.4) is 0 Å². The number of para-hydroxylation sites is 1. The third-order valence-corrected chi connectivity index (χ3v) is 3.96. The molecule has 23 heavy (non-hydrogen) atoms. The van der Waals surface area contributed by atoms with Crippen molar-refractivity contribution in [3.8, 4) is 0 Å². The Labute approximate surface area is 135 Å². The first kappa shape index (κ1) is 15.2. The first-order chi connectivity index (χ1) is 11.1. The lowest BCUT2D eigenvalue weighted by Gasteiger charge is -2.33. The Hall–Kier alpha value is -2.70. The van der Waals surface area contributed by atoms with Gasteiger partial charge in [0.2, 0.25) is 11.9 Å². The molecule has 2 heterocycles. The Morgan fingerprint density at radius 3 is 2.61 bits per heavy atom. The Bertz CT molecular complexity index is 696. The number of hydrogen-bond acceptors (Lipinski definition) is 6. The van der Waals surface area contributed by atoms with Gasteiger partial charge in [0.15, 0.2) is 5.82 Å². The standard InChI is InChI=1S/C16H20N6O/c1-12-5-3-4-6-14(12)18-15-11-17-20-16(19-15)22-9-7-21(8-10-22)13(2)23/h3-6,11H,7-10H2,1-2H3,(H,18,19,20). The molecule has 1 amide bonds. The van der Waals surface area contributed by atoms with E-state index in [-0.39, 0.29) is 5.91 Å². The summed E-state index contributed by atoms with van der Waals surface area (Å²) < 4.78 is 0. The Kier molecular flexibility index (Phi) is 4.36. The molecule has 0 saturated carbocycles. The summed E-state index contributed by atoms with van der Waals surface area (Å²) in [5.41, 5.74) is 2.14. The summed E-state index contributed by atoms with van der Waals surface area (Å²) in [6, 6.07) is 8.02. The monoisotopic (exact) mass is 312 g/mol. The van der Waals surface area contributed by atoms with E-state index in [2.05, 4.69) is 25.4 Å². The molecule has 1 aromatic heterocycles. The van der Waals surface area contributed by atoms with Crippen LogP contribution in [-0.2, 0) is 4.79 Å². The van der Waals surface area contributed by atoms with Gasteiger partial charge >= 0.3 is 0 Å². The van der Waals surface area contributed by atoms with Crippen molar-refractivity contribution in [3.05, 3.63) is 36.0 Å². The van der Waals surface area contributed by atoms with Crippen LogP contribution in [0.15, 0.2) is 30.5 Å². The predicted molar refractivity (Wildman–Crippen MR) is 88.8 cm³/mol. The van der Waals surface area contributed by atoms with E-state index in [9.17, 15) is 4.79 Å². The van der Waals surface area contributed by atoms with Gasteiger partial charge in [0.05, 0.1) is 6.20 Å². The molecule has 0 atom stereocenters. The maximum absolute atomic E-state index is 11.4. The number of piperazine rings is 1. The number of hydrogen-bond donors (Lipinski definition) is 1. The van der Waals surface area contributed by atoms with Gasteiger partial charge in [-0.2, -0.15) is 10.1 Å². The Balaban J connectivity index is 1.71. The van der Waals surface area contributed by atoms with Gasteiger partial charge in [0.25, 0.3) is 0 Å². The van der Waals surface area contributed by atoms with Crippen LogP contribution in [0.2, 0.25) is 0 Å². The number of nitrogens with zero attached hydrogens (tertiary/aromatic N) is 5. The van der Waals surface area contributed by atoms with E-state index in [1.54, 1.807) is 13.1 Å². The van der Waals surface area contributed by atoms with Gasteiger partial charge in [-0.05, 0) is 18.6 Å². The van der Waals surface area contributed by atoms with Gasteiger partial charge < -0.3 is 15.1 Å². The molecule has 1 aromatic carbocycles. The van der Waals surface area contributed by atoms with Crippen molar-refractivity contribution in [1.82, 2.24) is 20.1 Å². The zero-order valence-electron chi connectivity index (χ0n) is 13.4. The van der Waals surface area contributed by atoms with E-state index in [1.807, 2.05) is 36.1 Å². The summed E-state index contributed by atoms with van der Waals surface area (Å²) in [4.78, 5) is 19.8. The molecular weight excluding hydrogens is 292 g/mol. The molecule has 0 spiro atoms. The first-order valence-corrected chi connectivity index (χ1v) is 7.66. The van der Waals surface area contributed by atoms with E-state index < -0.39 is 0 Å². The normalized spacial score (nSPS) is 14.7. The molecule has 0 aliphatic carbocycles. The maximum atomic E-state index is 11.4. The zero-order valence-corrected chi connectivity index (χ0v) is 13.4. The number of carbonyl (C=O) groups excluding carboxylic acids is 1. The molecule has 0 bridgehead atoms. The lowest BCUT2D eigenvalue weighted by Crippen LogP contribution is -2.48. The van der Waals surface area contributed by atoms with Gasteiger partial charge in [-0.15, -0.1) is 5.10 Å². The van der Waals surface area contributed by atoms with E-state index in [0.29, 0.717) is 24.9 Å². The number of anilines is 3. The number of rotatable bonds is 3. The van der Waals surface area contributed by atoms with E-state index >= 15 is 0 Å². The summed E-state index contributed by atoms with van der Waals surface area (Å²) in [5, 5.41) is 11.4. The summed E-state index contributed by atoms with van der Waals surface area (Å²) in [5.74, 6) is 1.36. The molecule has 3 rings (SSSR count). The first-order valence-electron chi connectivity index (χ1n) is 7.66. The summed E-state index contributed by atoms with van der Waals surface area (Å²) >= 11 is 0. The molecule has 1 aliphatic heterocycles. The van der Waals surface area contributed by atoms with Crippen LogP contribution in [0.25, 0.3) is 0 Å². The molecule has 120 valence electrons. The molecule has 7 nitrogen and oxygen atoms in total. The largest absolute Gasteiger partial charge is 0.339 e. The Morgan fingerprint density at radius 1 is 1.17 bits per heavy atom. The van der Waals surface area contributed by atoms with Crippen molar-refractivity contribution in [3.63, 3.8) is 0 Å². The number of aryl methyl sites for hydroxylation is 1. The Morgan fingerprint density at radius 2 is 1.91 bits per heavy atom. The average molecular weight is 312 g/mol. The minimum absolute atomic E-state index is 0.110. The van der Waals surface area contributed by atoms with Crippen LogP contribution in [0, 0.1) is 6.92 Å². The van der Waals surface area contributed by atoms with Crippen molar-refractivity contribution in [2.24, 2.45) is 0 Å². The van der Waals surface area contributed by atoms with Gasteiger partial charge in [0.1, 0.15) is 0 Å². The minimum Gasteiger partial charge on any atom is -0.339 e. The van der Waals surface area contributed by atoms with Crippen molar-refractivity contribution >= 4 is 23.4 Å². The van der Waals surface area contributed by atoms with E-state index in [0.717, 1.165) is 24.3 Å². The molecule has 2 aromatic rings. The highest BCUT2D eigenvalue weighted by molar-refractivity contribution is 5.73. The third-order valence-electron chi connectivity index (χ3n) is 3.96. The zero-order chi connectivity index (χ0) is 16.2. The fourth-order valence-corrected chi connectivity index (χ4v) is 2.56. The van der Waals surface area contributed by atoms with Gasteiger partial charge in [0, 0.05) is 38.8 Å². The highest BCUT2D eigenvalue weighted by Crippen LogP contribution is 2.19. The van der Waals surface area contributed by atoms with E-state index in [4.69, 9.17) is 0 Å². The third kappa shape index (κ3) is 3.56. The van der Waals surface area contributed by atoms with Gasteiger partial charge in [-0.3, -0.25) is 4.79 Å². The summed E-state index contributed by atoms with van der Waals surface area (Å²) in [7, 11) is 0. The van der Waals surface area contributed by atoms with Gasteiger partial charge in [-0.1, -0.05) is 18.2 Å². The quantitative estimate of drug-likeness (QED) is 0.928. The van der Waals surface area contributed by atoms with Crippen LogP contribution in [0.4, 0.5) is 17.5 Å². The second-order valence-corrected chi connectivity index (χ2v) is 5.57. The highest BCUT2D eigenvalue weighted by atomic mass is 16.2. The SMILES string of the molecule is CC(=O)N1CCN(c2nncc(Nc3ccccc3C)n2)CC1. The van der Waals surface area contributed by atoms with Crippen molar-refractivity contribution < 1.29 is 4.79 Å². The van der Waals surface area contributed by atoms with Crippen molar-refractivity contribution in [1.29, 1.82) is 0 Å². The number of benzene rings is 1. The van der Waals surface area contributed by atoms with Crippen LogP contribution >= 0.6 is 0 Å². The topological polar surface area (TPSA) is 74.2 Å². The smallest absolute Gasteiger partial charge is 0.247 e. The number of nitrogens with one attached hydrogen (secondary N) is 1. The summed E-state index contributed by atoms with van der Waals surface area (Å²) in [6.45, 7) is 6.45. The van der Waals surface area contributed by atoms with E-state index in [1.165, 1.54) is 0 Å². The van der Waals surface area contributed by atoms with Crippen LogP contribution in [0.1, 0.15) is 12.5 Å². The second kappa shape index (κ2) is 6.60. The average Bonchev–Trinajstić information content (AvgIpc) is 2.57. The van der Waals surface area contributed by atoms with Crippen LogP contribution in [0.5, 0.6) is 0 Å². The fraction of sp³-hybridized carbons (Fsp3) is 0.375. The molecule has 1 fully saturated rings. The lowest BCUT2D eigenvalue weighted by molar-refractivity contribution is -0.129. The number of amides is 1. The van der Waals surface area contributed by atoms with Crippen LogP contribution in [-0.4, -0.2) is 52.2 Å². The fourth-order valence-electron chi connectivity index (χ4n) is 2.56. The molecule has 0 unspecified atom stereocenters. The highest BCUT2D eigenvalue weighted by Gasteiger charge is 2.20. The molecule has 1 saturated heterocycles. The molecular formula is C16H20N6O. The molecule has 0 radical (unpaired) electrons. The summed E-state index contributed by atoms with van der Waals surface area (Å²) in [6.07, 6.45) is 1.61. The maximum Gasteiger partial charge on any atom is 0.247 e. The lowest BCUT2D eigenvalue weighted by atomic mass is 10.2. The second-order valence-electron chi connectivity index (χ2n) is 5.57. The molecule has 1 aliphatic rings. The number of aromatic nitrogens is 3. The predicted octanol–water partition coefficient (Wildman–Crippen LogP) is 1.59. The van der Waals surface area contributed by atoms with Gasteiger partial charge in [-0.25, -0.2) is 0 Å². The van der Waals surface area contributed by atoms with Crippen LogP contribution < -0.4 is 10.2 Å². The molecule has 7 heteroatoms. The number of carbonyl (C=O) groups is 1. The molecule has 1 N–H and O–H groups in total. The van der Waals surface area contributed by atoms with Crippen molar-refractivity contribution in [2.75, 3.05) is 36.4 Å². The minimum atomic E-state index is 0.110. The van der Waals surface area contributed by atoms with Crippen molar-refractivity contribution in [2.45, 2.75) is 13.8 Å².